The van der Waals surface area contributed by atoms with Gasteiger partial charge in [0.05, 0.1) is 30.0 Å². The fourth-order valence-electron chi connectivity index (χ4n) is 10.9. The van der Waals surface area contributed by atoms with E-state index in [2.05, 4.69) is 0 Å². The number of hydrogen-bond acceptors (Lipinski definition) is 11. The molecule has 0 aromatic carbocycles. The number of fused-ring (bicyclic) bond motifs is 5. The molecule has 3 N–H and O–H groups in total. The highest BCUT2D eigenvalue weighted by atomic mass is 16.8. The van der Waals surface area contributed by atoms with Gasteiger partial charge in [-0.1, -0.05) is 6.92 Å². The van der Waals surface area contributed by atoms with Crippen LogP contribution >= 0.6 is 0 Å². The lowest BCUT2D eigenvalue weighted by molar-refractivity contribution is -0.382. The molecule has 39 heavy (non-hydrogen) atoms. The third-order valence-corrected chi connectivity index (χ3v) is 13.0. The van der Waals surface area contributed by atoms with Gasteiger partial charge in [-0.25, -0.2) is 4.79 Å². The lowest BCUT2D eigenvalue weighted by Gasteiger charge is -2.64. The van der Waals surface area contributed by atoms with E-state index in [0.29, 0.717) is 6.42 Å². The number of Topliss-reactive ketones (excluding diaryl/α,β-unsaturated/α-hetero) is 2. The van der Waals surface area contributed by atoms with Gasteiger partial charge >= 0.3 is 11.9 Å². The van der Waals surface area contributed by atoms with Crippen LogP contribution in [0, 0.1) is 34.5 Å². The normalized spacial score (nSPS) is 62.4. The highest BCUT2D eigenvalue weighted by molar-refractivity contribution is 5.99. The van der Waals surface area contributed by atoms with Crippen LogP contribution in [0.1, 0.15) is 65.7 Å². The van der Waals surface area contributed by atoms with E-state index in [0.717, 1.165) is 0 Å². The van der Waals surface area contributed by atoms with Crippen molar-refractivity contribution in [2.45, 2.75) is 106 Å². The minimum absolute atomic E-state index is 0.0855. The summed E-state index contributed by atoms with van der Waals surface area (Å²) in [5.41, 5.74) is -10.2. The molecular weight excluding hydrogens is 512 g/mol. The number of rotatable bonds is 0. The highest BCUT2D eigenvalue weighted by Crippen LogP contribution is 2.75. The predicted octanol–water partition coefficient (Wildman–Crippen LogP) is -0.0534. The number of aliphatic hydroxyl groups excluding tert-OH is 1. The van der Waals surface area contributed by atoms with Crippen molar-refractivity contribution in [3.63, 3.8) is 0 Å². The number of carbonyl (C=O) groups excluding carboxylic acids is 4. The SMILES string of the molecule is C[C@@]12C[C@H]3OC(=O)[C@@H]1CO[C@]14O[C@]5([C@H]2C1=O)[C@@](O)(CC[C@H]1[C@H]4C[C@@H](O)[C@@]2(O)CCCC(=O)[C@]12C)C(=O)O[C@@]35C. The zero-order chi connectivity index (χ0) is 27.8. The van der Waals surface area contributed by atoms with Gasteiger partial charge in [0.1, 0.15) is 17.5 Å². The van der Waals surface area contributed by atoms with Crippen LogP contribution in [0.15, 0.2) is 0 Å². The van der Waals surface area contributed by atoms with E-state index in [1.165, 1.54) is 0 Å². The molecule has 11 nitrogen and oxygen atoms in total. The van der Waals surface area contributed by atoms with E-state index in [-0.39, 0.29) is 50.9 Å². The Morgan fingerprint density at radius 3 is 2.49 bits per heavy atom. The van der Waals surface area contributed by atoms with E-state index < -0.39 is 92.6 Å². The second-order valence-electron chi connectivity index (χ2n) is 14.1. The first kappa shape index (κ1) is 24.8. The van der Waals surface area contributed by atoms with Gasteiger partial charge in [0.15, 0.2) is 22.6 Å². The Morgan fingerprint density at radius 2 is 1.74 bits per heavy atom. The number of ether oxygens (including phenoxy) is 4. The molecule has 3 saturated carbocycles. The molecule has 13 atom stereocenters. The third kappa shape index (κ3) is 2.14. The summed E-state index contributed by atoms with van der Waals surface area (Å²) in [4.78, 5) is 55.6. The second-order valence-corrected chi connectivity index (χ2v) is 14.1. The van der Waals surface area contributed by atoms with Gasteiger partial charge in [-0.05, 0) is 63.7 Å². The number of esters is 2. The van der Waals surface area contributed by atoms with Crippen LogP contribution in [-0.4, -0.2) is 85.8 Å². The Morgan fingerprint density at radius 1 is 1.00 bits per heavy atom. The number of ketones is 2. The van der Waals surface area contributed by atoms with Crippen LogP contribution in [0.2, 0.25) is 0 Å². The zero-order valence-electron chi connectivity index (χ0n) is 22.2. The van der Waals surface area contributed by atoms with E-state index in [1.54, 1.807) is 20.8 Å². The fourth-order valence-corrected chi connectivity index (χ4v) is 10.9. The van der Waals surface area contributed by atoms with Crippen molar-refractivity contribution in [3.8, 4) is 0 Å². The molecule has 0 unspecified atom stereocenters. The first-order valence-corrected chi connectivity index (χ1v) is 14.2. The van der Waals surface area contributed by atoms with Crippen molar-refractivity contribution in [3.05, 3.63) is 0 Å². The Kier molecular flexibility index (Phi) is 4.20. The summed E-state index contributed by atoms with van der Waals surface area (Å²) < 4.78 is 24.9. The maximum atomic E-state index is 14.9. The predicted molar refractivity (Wildman–Crippen MR) is 125 cm³/mol. The molecule has 3 aliphatic carbocycles. The van der Waals surface area contributed by atoms with E-state index in [4.69, 9.17) is 18.9 Å². The average Bonchev–Trinajstić information content (AvgIpc) is 3.19. The smallest absolute Gasteiger partial charge is 0.342 e. The monoisotopic (exact) mass is 546 g/mol. The Labute approximate surface area is 224 Å². The molecule has 8 rings (SSSR count). The highest BCUT2D eigenvalue weighted by Gasteiger charge is 2.93. The molecule has 11 heteroatoms. The molecule has 212 valence electrons. The minimum Gasteiger partial charge on any atom is -0.458 e. The molecule has 5 heterocycles. The van der Waals surface area contributed by atoms with Gasteiger partial charge in [0.2, 0.25) is 5.79 Å². The lowest BCUT2D eigenvalue weighted by Crippen LogP contribution is -2.79. The quantitative estimate of drug-likeness (QED) is 0.349. The fraction of sp³-hybridized carbons (Fsp3) is 0.857. The van der Waals surface area contributed by atoms with Crippen molar-refractivity contribution in [1.29, 1.82) is 0 Å². The summed E-state index contributed by atoms with van der Waals surface area (Å²) in [7, 11) is 0. The average molecular weight is 547 g/mol. The summed E-state index contributed by atoms with van der Waals surface area (Å²) in [6.07, 6.45) is -1.45. The molecule has 8 aliphatic rings. The molecular formula is C28H34O11. The number of hydrogen-bond donors (Lipinski definition) is 3. The number of carbonyl (C=O) groups is 4. The van der Waals surface area contributed by atoms with Crippen LogP contribution in [0.25, 0.3) is 0 Å². The third-order valence-electron chi connectivity index (χ3n) is 13.0. The minimum atomic E-state index is -2.30. The van der Waals surface area contributed by atoms with Crippen LogP contribution < -0.4 is 0 Å². The van der Waals surface area contributed by atoms with E-state index >= 15 is 0 Å². The molecule has 0 amide bonds. The maximum absolute atomic E-state index is 14.9. The van der Waals surface area contributed by atoms with Gasteiger partial charge in [0.25, 0.3) is 0 Å². The molecule has 8 fully saturated rings. The van der Waals surface area contributed by atoms with Crippen LogP contribution in [0.5, 0.6) is 0 Å². The number of aliphatic hydroxyl groups is 3. The first-order chi connectivity index (χ1) is 18.2. The molecule has 0 radical (unpaired) electrons. The molecule has 5 bridgehead atoms. The summed E-state index contributed by atoms with van der Waals surface area (Å²) in [6, 6.07) is 0. The largest absolute Gasteiger partial charge is 0.458 e. The van der Waals surface area contributed by atoms with E-state index in [9.17, 15) is 34.5 Å². The van der Waals surface area contributed by atoms with Gasteiger partial charge in [-0.15, -0.1) is 0 Å². The van der Waals surface area contributed by atoms with Crippen molar-refractivity contribution >= 4 is 23.5 Å². The van der Waals surface area contributed by atoms with Crippen molar-refractivity contribution in [2.75, 3.05) is 6.61 Å². The first-order valence-electron chi connectivity index (χ1n) is 14.2. The molecule has 0 aromatic rings. The topological polar surface area (TPSA) is 166 Å². The standard InChI is InChI=1S/C28H34O11/c1-22-10-17-24(3)28-18(22)19(31)27(39-28,36-11-14(22)20(32)37-17)13-9-16(30)25(34)7-4-5-15(29)23(25,2)12(13)6-8-26(28,35)21(33)38-24/h12-14,16-18,30,34-35H,4-11H2,1-3H3/t12-,13+,14-,16+,17+,18-,22+,23-,24-,25-,26+,27+,28-/m0/s1. The van der Waals surface area contributed by atoms with Gasteiger partial charge in [0, 0.05) is 12.3 Å². The Balaban J connectivity index is 1.42. The van der Waals surface area contributed by atoms with Crippen molar-refractivity contribution < 1.29 is 53.4 Å². The molecule has 5 aliphatic heterocycles. The summed E-state index contributed by atoms with van der Waals surface area (Å²) in [5, 5.41) is 35.7. The van der Waals surface area contributed by atoms with Crippen LogP contribution in [-0.2, 0) is 38.1 Å². The van der Waals surface area contributed by atoms with Crippen molar-refractivity contribution in [2.24, 2.45) is 34.5 Å². The Bertz CT molecular complexity index is 1280. The van der Waals surface area contributed by atoms with Gasteiger partial charge in [-0.3, -0.25) is 14.4 Å². The molecule has 5 saturated heterocycles. The van der Waals surface area contributed by atoms with Gasteiger partial charge in [-0.2, -0.15) is 0 Å². The van der Waals surface area contributed by atoms with Crippen LogP contribution in [0.3, 0.4) is 0 Å². The maximum Gasteiger partial charge on any atom is 0.342 e. The van der Waals surface area contributed by atoms with E-state index in [1.807, 2.05) is 0 Å². The zero-order valence-corrected chi connectivity index (χ0v) is 22.2. The summed E-state index contributed by atoms with van der Waals surface area (Å²) in [5.74, 6) is -7.99. The Hall–Kier alpha value is -1.92. The van der Waals surface area contributed by atoms with Crippen molar-refractivity contribution in [1.82, 2.24) is 0 Å². The lowest BCUT2D eigenvalue weighted by atomic mass is 9.46. The van der Waals surface area contributed by atoms with Crippen LogP contribution in [0.4, 0.5) is 0 Å². The summed E-state index contributed by atoms with van der Waals surface area (Å²) >= 11 is 0. The summed E-state index contributed by atoms with van der Waals surface area (Å²) in [6.45, 7) is 4.77. The molecule has 2 spiro atoms. The molecule has 0 aromatic heterocycles. The second kappa shape index (κ2) is 6.59. The van der Waals surface area contributed by atoms with Gasteiger partial charge < -0.3 is 34.3 Å².